The summed E-state index contributed by atoms with van der Waals surface area (Å²) in [6.07, 6.45) is 0. The standard InChI is InChI=1S/C21H15N3O4S/c1-26-17-8-13-12-4-2-3-5-15(12)27-16(13)9-14(17)23-21(25)18-19(24-28-20(18)22)11-6-7-29-10-11/h2-10H,22H2,1H3,(H,23,25). The number of aromatic nitrogens is 1. The van der Waals surface area contributed by atoms with Crippen molar-refractivity contribution in [2.24, 2.45) is 0 Å². The number of hydrogen-bond donors (Lipinski definition) is 2. The number of ether oxygens (including phenoxy) is 1. The number of nitrogens with two attached hydrogens (primary N) is 1. The summed E-state index contributed by atoms with van der Waals surface area (Å²) in [6.45, 7) is 0. The minimum atomic E-state index is -0.446. The summed E-state index contributed by atoms with van der Waals surface area (Å²) < 4.78 is 16.5. The van der Waals surface area contributed by atoms with Crippen LogP contribution in [0.25, 0.3) is 33.2 Å². The molecule has 0 radical (unpaired) electrons. The lowest BCUT2D eigenvalue weighted by atomic mass is 10.1. The van der Waals surface area contributed by atoms with E-state index in [1.807, 2.05) is 47.2 Å². The Labute approximate surface area is 168 Å². The number of nitrogens with one attached hydrogen (secondary N) is 1. The van der Waals surface area contributed by atoms with Crippen molar-refractivity contribution in [3.8, 4) is 17.0 Å². The number of hydrogen-bond acceptors (Lipinski definition) is 7. The topological polar surface area (TPSA) is 104 Å². The predicted octanol–water partition coefficient (Wildman–Crippen LogP) is 5.15. The Morgan fingerprint density at radius 2 is 2.03 bits per heavy atom. The van der Waals surface area contributed by atoms with Gasteiger partial charge in [-0.3, -0.25) is 4.79 Å². The number of para-hydroxylation sites is 1. The van der Waals surface area contributed by atoms with Crippen LogP contribution < -0.4 is 15.8 Å². The van der Waals surface area contributed by atoms with E-state index in [1.54, 1.807) is 13.2 Å². The lowest BCUT2D eigenvalue weighted by Crippen LogP contribution is -2.14. The van der Waals surface area contributed by atoms with Crippen LogP contribution in [0.2, 0.25) is 0 Å². The highest BCUT2D eigenvalue weighted by Gasteiger charge is 2.24. The average Bonchev–Trinajstić information content (AvgIpc) is 3.45. The number of methoxy groups -OCH3 is 1. The first kappa shape index (κ1) is 17.3. The van der Waals surface area contributed by atoms with Crippen LogP contribution in [-0.4, -0.2) is 18.2 Å². The number of carbonyl (C=O) groups is 1. The zero-order valence-corrected chi connectivity index (χ0v) is 16.1. The molecule has 0 aliphatic heterocycles. The largest absolute Gasteiger partial charge is 0.495 e. The van der Waals surface area contributed by atoms with E-state index in [-0.39, 0.29) is 11.4 Å². The zero-order chi connectivity index (χ0) is 20.0. The minimum Gasteiger partial charge on any atom is -0.495 e. The van der Waals surface area contributed by atoms with E-state index in [1.165, 1.54) is 11.3 Å². The number of benzene rings is 2. The maximum atomic E-state index is 13.0. The summed E-state index contributed by atoms with van der Waals surface area (Å²) in [5, 5.41) is 12.4. The van der Waals surface area contributed by atoms with Crippen molar-refractivity contribution in [3.63, 3.8) is 0 Å². The molecule has 1 amide bonds. The first-order valence-electron chi connectivity index (χ1n) is 8.74. The molecule has 0 atom stereocenters. The van der Waals surface area contributed by atoms with Gasteiger partial charge in [-0.15, -0.1) is 0 Å². The van der Waals surface area contributed by atoms with E-state index in [9.17, 15) is 4.79 Å². The number of fused-ring (bicyclic) bond motifs is 3. The third-order valence-corrected chi connectivity index (χ3v) is 5.37. The van der Waals surface area contributed by atoms with Gasteiger partial charge in [0.15, 0.2) is 0 Å². The summed E-state index contributed by atoms with van der Waals surface area (Å²) in [5.74, 6) is 0.00991. The van der Waals surface area contributed by atoms with Crippen molar-refractivity contribution in [2.45, 2.75) is 0 Å². The molecular weight excluding hydrogens is 390 g/mol. The van der Waals surface area contributed by atoms with Crippen molar-refractivity contribution >= 4 is 50.8 Å². The van der Waals surface area contributed by atoms with E-state index in [0.717, 1.165) is 21.9 Å². The molecule has 0 bridgehead atoms. The molecule has 0 fully saturated rings. The maximum absolute atomic E-state index is 13.0. The fourth-order valence-electron chi connectivity index (χ4n) is 3.32. The van der Waals surface area contributed by atoms with E-state index in [0.29, 0.717) is 22.7 Å². The molecule has 5 rings (SSSR count). The van der Waals surface area contributed by atoms with Crippen LogP contribution in [0.5, 0.6) is 5.75 Å². The highest BCUT2D eigenvalue weighted by Crippen LogP contribution is 2.37. The maximum Gasteiger partial charge on any atom is 0.263 e. The summed E-state index contributed by atoms with van der Waals surface area (Å²) in [7, 11) is 1.55. The van der Waals surface area contributed by atoms with Gasteiger partial charge in [0.05, 0.1) is 12.8 Å². The van der Waals surface area contributed by atoms with Crippen molar-refractivity contribution in [1.29, 1.82) is 0 Å². The van der Waals surface area contributed by atoms with Crippen LogP contribution in [0.4, 0.5) is 11.6 Å². The average molecular weight is 405 g/mol. The van der Waals surface area contributed by atoms with Crippen LogP contribution in [0.3, 0.4) is 0 Å². The Morgan fingerprint density at radius 3 is 2.83 bits per heavy atom. The number of nitrogen functional groups attached to an aromatic ring is 1. The molecule has 29 heavy (non-hydrogen) atoms. The van der Waals surface area contributed by atoms with Crippen LogP contribution in [-0.2, 0) is 0 Å². The van der Waals surface area contributed by atoms with Crippen molar-refractivity contribution < 1.29 is 18.5 Å². The third-order valence-electron chi connectivity index (χ3n) is 4.69. The Hall–Kier alpha value is -3.78. The van der Waals surface area contributed by atoms with Crippen LogP contribution >= 0.6 is 11.3 Å². The van der Waals surface area contributed by atoms with Crippen molar-refractivity contribution in [1.82, 2.24) is 5.16 Å². The highest BCUT2D eigenvalue weighted by atomic mass is 32.1. The Kier molecular flexibility index (Phi) is 3.99. The number of nitrogens with zero attached hydrogens (tertiary/aromatic N) is 1. The molecule has 0 spiro atoms. The summed E-state index contributed by atoms with van der Waals surface area (Å²) in [6, 6.07) is 13.1. The number of anilines is 2. The number of rotatable bonds is 4. The van der Waals surface area contributed by atoms with Crippen LogP contribution in [0.15, 0.2) is 62.2 Å². The highest BCUT2D eigenvalue weighted by molar-refractivity contribution is 7.08. The molecule has 8 heteroatoms. The van der Waals surface area contributed by atoms with Gasteiger partial charge in [-0.25, -0.2) is 0 Å². The Bertz CT molecular complexity index is 1350. The van der Waals surface area contributed by atoms with Crippen molar-refractivity contribution in [3.05, 3.63) is 58.8 Å². The monoisotopic (exact) mass is 405 g/mol. The molecule has 3 heterocycles. The second kappa shape index (κ2) is 6.68. The zero-order valence-electron chi connectivity index (χ0n) is 15.3. The van der Waals surface area contributed by atoms with Gasteiger partial charge >= 0.3 is 0 Å². The van der Waals surface area contributed by atoms with E-state index in [2.05, 4.69) is 10.5 Å². The van der Waals surface area contributed by atoms with Gasteiger partial charge in [0.1, 0.15) is 28.2 Å². The molecular formula is C21H15N3O4S. The molecule has 0 saturated heterocycles. The van der Waals surface area contributed by atoms with E-state index in [4.69, 9.17) is 19.4 Å². The van der Waals surface area contributed by atoms with Gasteiger partial charge < -0.3 is 24.7 Å². The van der Waals surface area contributed by atoms with Gasteiger partial charge in [-0.1, -0.05) is 23.4 Å². The van der Waals surface area contributed by atoms with Gasteiger partial charge in [-0.05, 0) is 23.6 Å². The summed E-state index contributed by atoms with van der Waals surface area (Å²) in [5.41, 5.74) is 9.07. The second-order valence-electron chi connectivity index (χ2n) is 6.38. The molecule has 0 aliphatic carbocycles. The van der Waals surface area contributed by atoms with E-state index >= 15 is 0 Å². The molecule has 144 valence electrons. The first-order chi connectivity index (χ1) is 14.2. The molecule has 2 aromatic carbocycles. The molecule has 5 aromatic rings. The fraction of sp³-hybridized carbons (Fsp3) is 0.0476. The van der Waals surface area contributed by atoms with Crippen molar-refractivity contribution in [2.75, 3.05) is 18.2 Å². The molecule has 0 saturated carbocycles. The smallest absolute Gasteiger partial charge is 0.263 e. The predicted molar refractivity (Wildman–Crippen MR) is 112 cm³/mol. The fourth-order valence-corrected chi connectivity index (χ4v) is 3.96. The summed E-state index contributed by atoms with van der Waals surface area (Å²) in [4.78, 5) is 13.0. The number of furan rings is 1. The van der Waals surface area contributed by atoms with Gasteiger partial charge in [0.25, 0.3) is 5.91 Å². The normalized spacial score (nSPS) is 11.2. The number of thiophene rings is 1. The van der Waals surface area contributed by atoms with E-state index < -0.39 is 5.91 Å². The third kappa shape index (κ3) is 2.81. The van der Waals surface area contributed by atoms with Crippen LogP contribution in [0, 0.1) is 0 Å². The Balaban J connectivity index is 1.58. The molecule has 0 aliphatic rings. The number of carbonyl (C=O) groups excluding carboxylic acids is 1. The lowest BCUT2D eigenvalue weighted by molar-refractivity contribution is 0.102. The molecule has 7 nitrogen and oxygen atoms in total. The first-order valence-corrected chi connectivity index (χ1v) is 9.68. The van der Waals surface area contributed by atoms with Gasteiger partial charge in [0.2, 0.25) is 5.88 Å². The minimum absolute atomic E-state index is 0.0486. The second-order valence-corrected chi connectivity index (χ2v) is 7.16. The SMILES string of the molecule is COc1cc2c(cc1NC(=O)c1c(-c3ccsc3)noc1N)oc1ccccc12. The Morgan fingerprint density at radius 1 is 1.17 bits per heavy atom. The summed E-state index contributed by atoms with van der Waals surface area (Å²) >= 11 is 1.49. The molecule has 0 unspecified atom stereocenters. The number of amides is 1. The molecule has 3 aromatic heterocycles. The lowest BCUT2D eigenvalue weighted by Gasteiger charge is -2.10. The molecule has 3 N–H and O–H groups in total. The quantitative estimate of drug-likeness (QED) is 0.429. The van der Waals surface area contributed by atoms with Crippen LogP contribution in [0.1, 0.15) is 10.4 Å². The van der Waals surface area contributed by atoms with Gasteiger partial charge in [-0.2, -0.15) is 11.3 Å². The van der Waals surface area contributed by atoms with Gasteiger partial charge in [0, 0.05) is 27.8 Å².